The molecule has 3 aromatic rings. The first-order valence-electron chi connectivity index (χ1n) is 10.4. The van der Waals surface area contributed by atoms with Crippen LogP contribution in [0.3, 0.4) is 0 Å². The number of rotatable bonds is 9. The maximum Gasteiger partial charge on any atom is 0.223 e. The van der Waals surface area contributed by atoms with Crippen molar-refractivity contribution in [3.63, 3.8) is 0 Å². The van der Waals surface area contributed by atoms with Crippen molar-refractivity contribution in [2.75, 3.05) is 36.0 Å². The molecule has 1 amide bonds. The predicted octanol–water partition coefficient (Wildman–Crippen LogP) is 4.02. The first-order chi connectivity index (χ1) is 15.2. The molecule has 0 atom stereocenters. The Kier molecular flexibility index (Phi) is 6.47. The average molecular weight is 419 g/mol. The minimum absolute atomic E-state index is 0.186. The Morgan fingerprint density at radius 1 is 1.00 bits per heavy atom. The quantitative estimate of drug-likeness (QED) is 0.451. The lowest BCUT2D eigenvalue weighted by Gasteiger charge is -2.15. The van der Waals surface area contributed by atoms with E-state index in [4.69, 9.17) is 10.5 Å². The minimum Gasteiger partial charge on any atom is -0.457 e. The number of hydrogen-bond acceptors (Lipinski definition) is 7. The highest BCUT2D eigenvalue weighted by Gasteiger charge is 2.18. The molecular weight excluding hydrogens is 392 g/mol. The summed E-state index contributed by atoms with van der Waals surface area (Å²) in [6.45, 7) is 2.32. The molecule has 0 bridgehead atoms. The number of anilines is 4. The number of benzene rings is 2. The van der Waals surface area contributed by atoms with E-state index in [1.807, 2.05) is 65.6 Å². The summed E-state index contributed by atoms with van der Waals surface area (Å²) in [5, 5.41) is 6.50. The van der Waals surface area contributed by atoms with Crippen molar-refractivity contribution < 1.29 is 9.53 Å². The van der Waals surface area contributed by atoms with Crippen molar-refractivity contribution in [3.05, 3.63) is 60.7 Å². The molecule has 0 unspecified atom stereocenters. The number of nitrogens with one attached hydrogen (secondary N) is 2. The van der Waals surface area contributed by atoms with Crippen LogP contribution in [0.5, 0.6) is 11.5 Å². The van der Waals surface area contributed by atoms with E-state index in [9.17, 15) is 4.79 Å². The third-order valence-corrected chi connectivity index (χ3v) is 4.93. The summed E-state index contributed by atoms with van der Waals surface area (Å²) in [5.74, 6) is 3.21. The summed E-state index contributed by atoms with van der Waals surface area (Å²) in [6, 6.07) is 19.0. The molecule has 1 fully saturated rings. The molecule has 1 aliphatic heterocycles. The van der Waals surface area contributed by atoms with Gasteiger partial charge in [-0.3, -0.25) is 4.79 Å². The highest BCUT2D eigenvalue weighted by atomic mass is 16.5. The molecule has 1 aromatic heterocycles. The SMILES string of the molecule is Nc1nc(NCCCN2CCCC2=O)cc(Nc2ccc(Oc3ccccc3)cc2)n1. The van der Waals surface area contributed by atoms with Crippen LogP contribution in [0.15, 0.2) is 60.7 Å². The number of aromatic nitrogens is 2. The molecule has 8 heteroatoms. The Morgan fingerprint density at radius 2 is 1.74 bits per heavy atom. The summed E-state index contributed by atoms with van der Waals surface area (Å²) in [4.78, 5) is 22.1. The Balaban J connectivity index is 1.31. The molecule has 2 aromatic carbocycles. The van der Waals surface area contributed by atoms with E-state index in [2.05, 4.69) is 20.6 Å². The zero-order chi connectivity index (χ0) is 21.5. The molecule has 4 N–H and O–H groups in total. The van der Waals surface area contributed by atoms with Crippen molar-refractivity contribution in [3.8, 4) is 11.5 Å². The van der Waals surface area contributed by atoms with Crippen LogP contribution in [-0.2, 0) is 4.79 Å². The molecular formula is C23H26N6O2. The van der Waals surface area contributed by atoms with Crippen molar-refractivity contribution in [2.45, 2.75) is 19.3 Å². The zero-order valence-electron chi connectivity index (χ0n) is 17.3. The molecule has 1 saturated heterocycles. The molecule has 0 saturated carbocycles. The number of ether oxygens (including phenoxy) is 1. The average Bonchev–Trinajstić information content (AvgIpc) is 3.18. The molecule has 0 radical (unpaired) electrons. The van der Waals surface area contributed by atoms with E-state index in [0.717, 1.165) is 43.1 Å². The summed E-state index contributed by atoms with van der Waals surface area (Å²) < 4.78 is 5.81. The van der Waals surface area contributed by atoms with Crippen LogP contribution in [-0.4, -0.2) is 40.4 Å². The highest BCUT2D eigenvalue weighted by Crippen LogP contribution is 2.24. The van der Waals surface area contributed by atoms with Crippen LogP contribution in [0.4, 0.5) is 23.3 Å². The van der Waals surface area contributed by atoms with E-state index in [1.54, 1.807) is 0 Å². The Hall–Kier alpha value is -3.81. The van der Waals surface area contributed by atoms with Crippen molar-refractivity contribution in [1.29, 1.82) is 0 Å². The van der Waals surface area contributed by atoms with Crippen LogP contribution in [0.2, 0.25) is 0 Å². The summed E-state index contributed by atoms with van der Waals surface area (Å²) >= 11 is 0. The van der Waals surface area contributed by atoms with Gasteiger partial charge in [-0.15, -0.1) is 0 Å². The second-order valence-electron chi connectivity index (χ2n) is 7.33. The van der Waals surface area contributed by atoms with Gasteiger partial charge in [0.25, 0.3) is 0 Å². The molecule has 1 aliphatic rings. The first kappa shape index (κ1) is 20.5. The van der Waals surface area contributed by atoms with Gasteiger partial charge in [-0.05, 0) is 49.2 Å². The second kappa shape index (κ2) is 9.80. The largest absolute Gasteiger partial charge is 0.457 e. The van der Waals surface area contributed by atoms with Crippen LogP contribution in [0.25, 0.3) is 0 Å². The topological polar surface area (TPSA) is 105 Å². The summed E-state index contributed by atoms with van der Waals surface area (Å²) in [5.41, 5.74) is 6.73. The van der Waals surface area contributed by atoms with E-state index >= 15 is 0 Å². The predicted molar refractivity (Wildman–Crippen MR) is 122 cm³/mol. The van der Waals surface area contributed by atoms with E-state index in [-0.39, 0.29) is 11.9 Å². The molecule has 4 rings (SSSR count). The van der Waals surface area contributed by atoms with Crippen molar-refractivity contribution in [1.82, 2.24) is 14.9 Å². The number of carbonyl (C=O) groups excluding carboxylic acids is 1. The molecule has 2 heterocycles. The number of hydrogen-bond donors (Lipinski definition) is 3. The second-order valence-corrected chi connectivity index (χ2v) is 7.33. The van der Waals surface area contributed by atoms with Crippen molar-refractivity contribution >= 4 is 29.2 Å². The van der Waals surface area contributed by atoms with Gasteiger partial charge in [0, 0.05) is 37.8 Å². The number of likely N-dealkylation sites (tertiary alicyclic amines) is 1. The van der Waals surface area contributed by atoms with Gasteiger partial charge in [0.15, 0.2) is 0 Å². The van der Waals surface area contributed by atoms with Crippen LogP contribution < -0.4 is 21.1 Å². The van der Waals surface area contributed by atoms with E-state index in [0.29, 0.717) is 24.6 Å². The lowest BCUT2D eigenvalue weighted by Crippen LogP contribution is -2.27. The van der Waals surface area contributed by atoms with Gasteiger partial charge in [0.1, 0.15) is 23.1 Å². The third kappa shape index (κ3) is 5.85. The molecule has 8 nitrogen and oxygen atoms in total. The van der Waals surface area contributed by atoms with Gasteiger partial charge >= 0.3 is 0 Å². The van der Waals surface area contributed by atoms with Gasteiger partial charge in [0.2, 0.25) is 11.9 Å². The van der Waals surface area contributed by atoms with Gasteiger partial charge in [-0.1, -0.05) is 18.2 Å². The fourth-order valence-electron chi connectivity index (χ4n) is 3.43. The smallest absolute Gasteiger partial charge is 0.223 e. The van der Waals surface area contributed by atoms with E-state index < -0.39 is 0 Å². The molecule has 0 spiro atoms. The lowest BCUT2D eigenvalue weighted by atomic mass is 10.3. The number of nitrogens with zero attached hydrogens (tertiary/aromatic N) is 3. The number of amides is 1. The highest BCUT2D eigenvalue weighted by molar-refractivity contribution is 5.78. The van der Waals surface area contributed by atoms with Gasteiger partial charge in [-0.25, -0.2) is 0 Å². The maximum atomic E-state index is 11.7. The van der Waals surface area contributed by atoms with Crippen molar-refractivity contribution in [2.24, 2.45) is 0 Å². The fraction of sp³-hybridized carbons (Fsp3) is 0.261. The molecule has 31 heavy (non-hydrogen) atoms. The fourth-order valence-corrected chi connectivity index (χ4v) is 3.43. The normalized spacial score (nSPS) is 13.3. The third-order valence-electron chi connectivity index (χ3n) is 4.93. The number of nitrogen functional groups attached to an aromatic ring is 1. The van der Waals surface area contributed by atoms with Crippen LogP contribution >= 0.6 is 0 Å². The Morgan fingerprint density at radius 3 is 2.48 bits per heavy atom. The van der Waals surface area contributed by atoms with E-state index in [1.165, 1.54) is 0 Å². The Labute approximate surface area is 181 Å². The first-order valence-corrected chi connectivity index (χ1v) is 10.4. The van der Waals surface area contributed by atoms with Gasteiger partial charge in [0.05, 0.1) is 0 Å². The standard InChI is InChI=1S/C23H26N6O2/c24-23-27-20(25-13-5-15-29-14-4-8-22(29)30)16-21(28-23)26-17-9-11-19(12-10-17)31-18-6-2-1-3-7-18/h1-3,6-7,9-12,16H,4-5,8,13-15H2,(H4,24,25,26,27,28). The zero-order valence-corrected chi connectivity index (χ0v) is 17.3. The maximum absolute atomic E-state index is 11.7. The number of para-hydroxylation sites is 1. The van der Waals surface area contributed by atoms with Crippen LogP contribution in [0, 0.1) is 0 Å². The monoisotopic (exact) mass is 418 g/mol. The summed E-state index contributed by atoms with van der Waals surface area (Å²) in [6.07, 6.45) is 2.48. The number of nitrogens with two attached hydrogens (primary N) is 1. The van der Waals surface area contributed by atoms with Crippen LogP contribution in [0.1, 0.15) is 19.3 Å². The molecule has 160 valence electrons. The number of carbonyl (C=O) groups is 1. The minimum atomic E-state index is 0.186. The lowest BCUT2D eigenvalue weighted by molar-refractivity contribution is -0.127. The van der Waals surface area contributed by atoms with Gasteiger partial charge < -0.3 is 26.0 Å². The van der Waals surface area contributed by atoms with Gasteiger partial charge in [-0.2, -0.15) is 9.97 Å². The summed E-state index contributed by atoms with van der Waals surface area (Å²) in [7, 11) is 0. The molecule has 0 aliphatic carbocycles. The Bertz CT molecular complexity index is 1010.